The quantitative estimate of drug-likeness (QED) is 0.335. The highest BCUT2D eigenvalue weighted by molar-refractivity contribution is 7.99. The highest BCUT2D eigenvalue weighted by atomic mass is 32.2. The molecule has 1 aromatic heterocycles. The lowest BCUT2D eigenvalue weighted by Crippen LogP contribution is -2.30. The van der Waals surface area contributed by atoms with Crippen molar-refractivity contribution in [2.24, 2.45) is 0 Å². The monoisotopic (exact) mass is 396 g/mol. The van der Waals surface area contributed by atoms with Gasteiger partial charge < -0.3 is 14.6 Å². The Morgan fingerprint density at radius 1 is 1.11 bits per heavy atom. The molecule has 0 aliphatic heterocycles. The van der Waals surface area contributed by atoms with Crippen LogP contribution in [0, 0.1) is 0 Å². The van der Waals surface area contributed by atoms with Crippen molar-refractivity contribution in [2.45, 2.75) is 25.3 Å². The minimum absolute atomic E-state index is 0.00357. The normalized spacial score (nSPS) is 10.8. The van der Waals surface area contributed by atoms with Gasteiger partial charge in [0.1, 0.15) is 5.75 Å². The molecule has 0 fully saturated rings. The van der Waals surface area contributed by atoms with Crippen molar-refractivity contribution in [3.05, 3.63) is 60.3 Å². The number of fused-ring (bicyclic) bond motifs is 1. The molecule has 1 amide bonds. The van der Waals surface area contributed by atoms with E-state index < -0.39 is 0 Å². The number of nitrogens with one attached hydrogen (secondary N) is 1. The number of amides is 1. The minimum atomic E-state index is -0.160. The molecule has 2 aromatic carbocycles. The second-order valence-electron chi connectivity index (χ2n) is 6.36. The number of para-hydroxylation sites is 1. The number of hydrogen-bond donors (Lipinski definition) is 1. The van der Waals surface area contributed by atoms with Crippen molar-refractivity contribution in [3.63, 3.8) is 0 Å². The van der Waals surface area contributed by atoms with Crippen LogP contribution in [0.2, 0.25) is 0 Å². The van der Waals surface area contributed by atoms with Gasteiger partial charge >= 0.3 is 0 Å². The van der Waals surface area contributed by atoms with Crippen LogP contribution in [0.1, 0.15) is 24.2 Å². The molecule has 146 valence electrons. The number of ketones is 1. The molecule has 0 aliphatic rings. The minimum Gasteiger partial charge on any atom is -0.484 e. The van der Waals surface area contributed by atoms with Crippen molar-refractivity contribution in [1.29, 1.82) is 0 Å². The number of benzene rings is 2. The molecule has 1 heterocycles. The number of ether oxygens (including phenoxy) is 1. The third-order valence-electron chi connectivity index (χ3n) is 4.41. The molecule has 5 nitrogen and oxygen atoms in total. The summed E-state index contributed by atoms with van der Waals surface area (Å²) in [4.78, 5) is 24.4. The van der Waals surface area contributed by atoms with Gasteiger partial charge in [-0.3, -0.25) is 9.59 Å². The Bertz CT molecular complexity index is 964. The first kappa shape index (κ1) is 20.0. The summed E-state index contributed by atoms with van der Waals surface area (Å²) >= 11 is 1.74. The van der Waals surface area contributed by atoms with Gasteiger partial charge in [-0.15, -0.1) is 11.8 Å². The van der Waals surface area contributed by atoms with Crippen LogP contribution in [0.5, 0.6) is 5.75 Å². The van der Waals surface area contributed by atoms with E-state index in [2.05, 4.69) is 47.3 Å². The molecule has 0 spiro atoms. The van der Waals surface area contributed by atoms with E-state index in [0.29, 0.717) is 17.9 Å². The fourth-order valence-electron chi connectivity index (χ4n) is 2.93. The molecular formula is C22H24N2O3S. The molecule has 0 unspecified atom stereocenters. The van der Waals surface area contributed by atoms with Gasteiger partial charge in [0.15, 0.2) is 12.4 Å². The highest BCUT2D eigenvalue weighted by Gasteiger charge is 2.08. The molecule has 0 atom stereocenters. The third-order valence-corrected chi connectivity index (χ3v) is 5.45. The zero-order valence-electron chi connectivity index (χ0n) is 16.1. The molecule has 1 N–H and O–H groups in total. The van der Waals surface area contributed by atoms with Crippen LogP contribution in [0.3, 0.4) is 0 Å². The van der Waals surface area contributed by atoms with Crippen molar-refractivity contribution < 1.29 is 14.3 Å². The fraction of sp³-hybridized carbons (Fsp3) is 0.273. The molecule has 0 saturated heterocycles. The summed E-state index contributed by atoms with van der Waals surface area (Å²) in [7, 11) is 0. The number of thioether (sulfide) groups is 1. The lowest BCUT2D eigenvalue weighted by Gasteiger charge is -2.07. The lowest BCUT2D eigenvalue weighted by molar-refractivity contribution is -0.122. The average Bonchev–Trinajstić information content (AvgIpc) is 3.08. The van der Waals surface area contributed by atoms with Crippen LogP contribution >= 0.6 is 11.8 Å². The van der Waals surface area contributed by atoms with Crippen LogP contribution in [0.4, 0.5) is 0 Å². The molecule has 6 heteroatoms. The third kappa shape index (κ3) is 4.95. The Morgan fingerprint density at radius 3 is 2.57 bits per heavy atom. The van der Waals surface area contributed by atoms with E-state index in [-0.39, 0.29) is 18.3 Å². The molecular weight excluding hydrogens is 372 g/mol. The highest BCUT2D eigenvalue weighted by Crippen LogP contribution is 2.29. The van der Waals surface area contributed by atoms with Crippen molar-refractivity contribution >= 4 is 34.4 Å². The fourth-order valence-corrected chi connectivity index (χ4v) is 3.88. The number of hydrogen-bond acceptors (Lipinski definition) is 4. The molecule has 3 aromatic rings. The van der Waals surface area contributed by atoms with E-state index in [9.17, 15) is 9.59 Å². The second-order valence-corrected chi connectivity index (χ2v) is 7.50. The number of aryl methyl sites for hydroxylation is 1. The topological polar surface area (TPSA) is 60.3 Å². The predicted octanol–water partition coefficient (Wildman–Crippen LogP) is 4.15. The zero-order chi connectivity index (χ0) is 19.9. The van der Waals surface area contributed by atoms with Crippen molar-refractivity contribution in [1.82, 2.24) is 9.88 Å². The van der Waals surface area contributed by atoms with E-state index in [1.807, 2.05) is 0 Å². The van der Waals surface area contributed by atoms with Crippen LogP contribution in [0.15, 0.2) is 59.6 Å². The van der Waals surface area contributed by atoms with E-state index in [1.54, 1.807) is 36.0 Å². The SMILES string of the molecule is CCn1cc(SCCNC(=O)COc2ccc(C(C)=O)cc2)c2ccccc21. The summed E-state index contributed by atoms with van der Waals surface area (Å²) in [5.74, 6) is 1.20. The summed E-state index contributed by atoms with van der Waals surface area (Å²) in [5.41, 5.74) is 1.86. The van der Waals surface area contributed by atoms with E-state index in [1.165, 1.54) is 22.7 Å². The van der Waals surface area contributed by atoms with Gasteiger partial charge in [0, 0.05) is 46.4 Å². The molecule has 0 radical (unpaired) electrons. The first-order chi connectivity index (χ1) is 13.6. The van der Waals surface area contributed by atoms with E-state index >= 15 is 0 Å². The lowest BCUT2D eigenvalue weighted by atomic mass is 10.1. The summed E-state index contributed by atoms with van der Waals surface area (Å²) in [6.07, 6.45) is 2.17. The number of Topliss-reactive ketones (excluding diaryl/α,β-unsaturated/α-hetero) is 1. The first-order valence-electron chi connectivity index (χ1n) is 9.29. The Kier molecular flexibility index (Phi) is 6.76. The van der Waals surface area contributed by atoms with Gasteiger partial charge in [0.25, 0.3) is 5.91 Å². The van der Waals surface area contributed by atoms with Crippen LogP contribution < -0.4 is 10.1 Å². The van der Waals surface area contributed by atoms with Crippen LogP contribution in [-0.4, -0.2) is 35.2 Å². The van der Waals surface area contributed by atoms with Gasteiger partial charge in [-0.05, 0) is 44.2 Å². The molecule has 28 heavy (non-hydrogen) atoms. The maximum absolute atomic E-state index is 12.0. The maximum Gasteiger partial charge on any atom is 0.257 e. The summed E-state index contributed by atoms with van der Waals surface area (Å²) in [6.45, 7) is 5.11. The Balaban J connectivity index is 1.43. The van der Waals surface area contributed by atoms with E-state index in [4.69, 9.17) is 4.74 Å². The molecule has 3 rings (SSSR count). The van der Waals surface area contributed by atoms with Crippen LogP contribution in [0.25, 0.3) is 10.9 Å². The van der Waals surface area contributed by atoms with Gasteiger partial charge in [-0.2, -0.15) is 0 Å². The largest absolute Gasteiger partial charge is 0.484 e. The summed E-state index contributed by atoms with van der Waals surface area (Å²) in [6, 6.07) is 15.1. The smallest absolute Gasteiger partial charge is 0.257 e. The number of aromatic nitrogens is 1. The summed E-state index contributed by atoms with van der Waals surface area (Å²) < 4.78 is 7.70. The van der Waals surface area contributed by atoms with Gasteiger partial charge in [0.05, 0.1) is 0 Å². The molecule has 0 bridgehead atoms. The summed E-state index contributed by atoms with van der Waals surface area (Å²) in [5, 5.41) is 4.12. The number of nitrogens with zero attached hydrogens (tertiary/aromatic N) is 1. The Morgan fingerprint density at radius 2 is 1.86 bits per heavy atom. The van der Waals surface area contributed by atoms with Gasteiger partial charge in [-0.25, -0.2) is 0 Å². The Labute approximate surface area is 169 Å². The van der Waals surface area contributed by atoms with E-state index in [0.717, 1.165) is 12.3 Å². The molecule has 0 saturated carbocycles. The first-order valence-corrected chi connectivity index (χ1v) is 10.3. The second kappa shape index (κ2) is 9.46. The van der Waals surface area contributed by atoms with Crippen LogP contribution in [-0.2, 0) is 11.3 Å². The number of carbonyl (C=O) groups is 2. The standard InChI is InChI=1S/C22H24N2O3S/c1-3-24-14-21(19-6-4-5-7-20(19)24)28-13-12-23-22(26)15-27-18-10-8-17(9-11-18)16(2)25/h4-11,14H,3,12-13,15H2,1-2H3,(H,23,26). The maximum atomic E-state index is 12.0. The average molecular weight is 397 g/mol. The Hall–Kier alpha value is -2.73. The van der Waals surface area contributed by atoms with Gasteiger partial charge in [-0.1, -0.05) is 18.2 Å². The van der Waals surface area contributed by atoms with Crippen molar-refractivity contribution in [2.75, 3.05) is 18.9 Å². The number of carbonyl (C=O) groups excluding carboxylic acids is 2. The number of rotatable bonds is 9. The van der Waals surface area contributed by atoms with Crippen molar-refractivity contribution in [3.8, 4) is 5.75 Å². The molecule has 0 aliphatic carbocycles. The predicted molar refractivity (Wildman–Crippen MR) is 113 cm³/mol. The zero-order valence-corrected chi connectivity index (χ0v) is 16.9. The van der Waals surface area contributed by atoms with Gasteiger partial charge in [0.2, 0.25) is 0 Å².